The van der Waals surface area contributed by atoms with Gasteiger partial charge in [-0.1, -0.05) is 18.1 Å². The van der Waals surface area contributed by atoms with Crippen molar-refractivity contribution < 1.29 is 4.79 Å². The van der Waals surface area contributed by atoms with E-state index in [9.17, 15) is 4.79 Å². The number of hydrogen-bond acceptors (Lipinski definition) is 2. The van der Waals surface area contributed by atoms with E-state index >= 15 is 0 Å². The summed E-state index contributed by atoms with van der Waals surface area (Å²) in [6.45, 7) is 0.767. The summed E-state index contributed by atoms with van der Waals surface area (Å²) in [5.41, 5.74) is 7.23. The Morgan fingerprint density at radius 1 is 1.35 bits per heavy atom. The number of rotatable bonds is 3. The Kier molecular flexibility index (Phi) is 3.50. The Labute approximate surface area is 120 Å². The van der Waals surface area contributed by atoms with Gasteiger partial charge in [0.25, 0.3) is 0 Å². The second kappa shape index (κ2) is 5.30. The zero-order valence-electron chi connectivity index (χ0n) is 11.6. The molecule has 2 aliphatic rings. The average molecular weight is 268 g/mol. The van der Waals surface area contributed by atoms with E-state index in [0.717, 1.165) is 19.4 Å². The van der Waals surface area contributed by atoms with Gasteiger partial charge in [0.1, 0.15) is 0 Å². The zero-order valence-corrected chi connectivity index (χ0v) is 11.6. The third kappa shape index (κ3) is 2.32. The largest absolute Gasteiger partial charge is 0.366 e. The summed E-state index contributed by atoms with van der Waals surface area (Å²) in [6.07, 6.45) is 10.2. The molecule has 2 bridgehead atoms. The number of fused-ring (bicyclic) bond motifs is 2. The van der Waals surface area contributed by atoms with Crippen molar-refractivity contribution in [3.63, 3.8) is 0 Å². The molecule has 2 heterocycles. The summed E-state index contributed by atoms with van der Waals surface area (Å²) >= 11 is 0. The van der Waals surface area contributed by atoms with Crippen LogP contribution in [0.4, 0.5) is 0 Å². The summed E-state index contributed by atoms with van der Waals surface area (Å²) in [4.78, 5) is 13.8. The third-order valence-corrected chi connectivity index (χ3v) is 4.80. The summed E-state index contributed by atoms with van der Waals surface area (Å²) in [7, 11) is 0. The first-order valence-corrected chi connectivity index (χ1v) is 7.28. The predicted molar refractivity (Wildman–Crippen MR) is 79.3 cm³/mol. The van der Waals surface area contributed by atoms with Crippen LogP contribution in [0.1, 0.15) is 47.5 Å². The van der Waals surface area contributed by atoms with Gasteiger partial charge in [0.2, 0.25) is 5.91 Å². The molecule has 2 aliphatic heterocycles. The fourth-order valence-corrected chi connectivity index (χ4v) is 3.86. The molecule has 3 heteroatoms. The molecular formula is C17H20N2O. The van der Waals surface area contributed by atoms with Gasteiger partial charge in [0.05, 0.1) is 6.54 Å². The molecule has 3 nitrogen and oxygen atoms in total. The number of terminal acetylenes is 1. The molecule has 0 spiro atoms. The van der Waals surface area contributed by atoms with Gasteiger partial charge in [-0.25, -0.2) is 0 Å². The molecule has 3 rings (SSSR count). The van der Waals surface area contributed by atoms with Gasteiger partial charge < -0.3 is 5.73 Å². The molecule has 2 N–H and O–H groups in total. The van der Waals surface area contributed by atoms with Crippen molar-refractivity contribution in [2.75, 3.05) is 6.54 Å². The molecule has 2 saturated heterocycles. The van der Waals surface area contributed by atoms with Crippen LogP contribution in [0.5, 0.6) is 0 Å². The minimum absolute atomic E-state index is 0.348. The monoisotopic (exact) mass is 268 g/mol. The van der Waals surface area contributed by atoms with E-state index < -0.39 is 0 Å². The van der Waals surface area contributed by atoms with Crippen LogP contribution < -0.4 is 5.73 Å². The summed E-state index contributed by atoms with van der Waals surface area (Å²) < 4.78 is 0. The molecule has 3 atom stereocenters. The maximum absolute atomic E-state index is 11.3. The van der Waals surface area contributed by atoms with Gasteiger partial charge in [-0.05, 0) is 49.3 Å². The summed E-state index contributed by atoms with van der Waals surface area (Å²) in [5, 5.41) is 0. The molecule has 1 aromatic rings. The SMILES string of the molecule is C#CCN1[C@@H]2CC[C@H]1CC(c1cccc(C(N)=O)c1)C2. The first-order valence-electron chi connectivity index (χ1n) is 7.28. The Balaban J connectivity index is 1.79. The van der Waals surface area contributed by atoms with E-state index in [1.54, 1.807) is 6.07 Å². The Bertz CT molecular complexity index is 546. The first-order chi connectivity index (χ1) is 9.69. The second-order valence-corrected chi connectivity index (χ2v) is 5.92. The number of nitrogens with zero attached hydrogens (tertiary/aromatic N) is 1. The molecule has 0 aromatic heterocycles. The topological polar surface area (TPSA) is 46.3 Å². The molecular weight excluding hydrogens is 248 g/mol. The van der Waals surface area contributed by atoms with Crippen LogP contribution >= 0.6 is 0 Å². The van der Waals surface area contributed by atoms with Gasteiger partial charge in [-0.2, -0.15) is 0 Å². The van der Waals surface area contributed by atoms with Crippen LogP contribution in [-0.4, -0.2) is 29.4 Å². The molecule has 0 aliphatic carbocycles. The van der Waals surface area contributed by atoms with E-state index in [1.165, 1.54) is 18.4 Å². The Morgan fingerprint density at radius 2 is 2.05 bits per heavy atom. The van der Waals surface area contributed by atoms with Crippen molar-refractivity contribution in [2.24, 2.45) is 5.73 Å². The van der Waals surface area contributed by atoms with Gasteiger partial charge in [0.15, 0.2) is 0 Å². The van der Waals surface area contributed by atoms with Crippen LogP contribution in [0.25, 0.3) is 0 Å². The molecule has 1 unspecified atom stereocenters. The standard InChI is InChI=1S/C17H20N2O/c1-2-8-19-15-6-7-16(19)11-14(10-15)12-4-3-5-13(9-12)17(18)20/h1,3-5,9,14-16H,6-8,10-11H2,(H2,18,20)/t14?,15-,16+. The Hall–Kier alpha value is -1.79. The van der Waals surface area contributed by atoms with E-state index in [0.29, 0.717) is 23.6 Å². The van der Waals surface area contributed by atoms with Gasteiger partial charge in [-0.3, -0.25) is 9.69 Å². The number of carbonyl (C=O) groups excluding carboxylic acids is 1. The number of primary amides is 1. The highest BCUT2D eigenvalue weighted by Crippen LogP contribution is 2.42. The quantitative estimate of drug-likeness (QED) is 0.854. The molecule has 2 fully saturated rings. The van der Waals surface area contributed by atoms with E-state index in [-0.39, 0.29) is 5.91 Å². The maximum atomic E-state index is 11.3. The fraction of sp³-hybridized carbons (Fsp3) is 0.471. The lowest BCUT2D eigenvalue weighted by molar-refractivity contribution is 0.1000. The lowest BCUT2D eigenvalue weighted by atomic mass is 9.84. The number of piperidine rings is 1. The number of hydrogen-bond donors (Lipinski definition) is 1. The van der Waals surface area contributed by atoms with Crippen LogP contribution in [-0.2, 0) is 0 Å². The van der Waals surface area contributed by atoms with Crippen LogP contribution in [0, 0.1) is 12.3 Å². The van der Waals surface area contributed by atoms with Crippen LogP contribution in [0.2, 0.25) is 0 Å². The molecule has 1 amide bonds. The van der Waals surface area contributed by atoms with Crippen LogP contribution in [0.3, 0.4) is 0 Å². The van der Waals surface area contributed by atoms with Crippen molar-refractivity contribution in [3.8, 4) is 12.3 Å². The van der Waals surface area contributed by atoms with Gasteiger partial charge >= 0.3 is 0 Å². The zero-order chi connectivity index (χ0) is 14.1. The highest BCUT2D eigenvalue weighted by atomic mass is 16.1. The molecule has 20 heavy (non-hydrogen) atoms. The number of nitrogens with two attached hydrogens (primary N) is 1. The van der Waals surface area contributed by atoms with Crippen LogP contribution in [0.15, 0.2) is 24.3 Å². The highest BCUT2D eigenvalue weighted by molar-refractivity contribution is 5.92. The minimum atomic E-state index is -0.348. The minimum Gasteiger partial charge on any atom is -0.366 e. The van der Waals surface area contributed by atoms with Crippen molar-refractivity contribution in [1.82, 2.24) is 4.90 Å². The van der Waals surface area contributed by atoms with Crippen molar-refractivity contribution in [2.45, 2.75) is 43.7 Å². The van der Waals surface area contributed by atoms with Crippen molar-refractivity contribution in [3.05, 3.63) is 35.4 Å². The smallest absolute Gasteiger partial charge is 0.248 e. The average Bonchev–Trinajstić information content (AvgIpc) is 2.70. The molecule has 104 valence electrons. The Morgan fingerprint density at radius 3 is 2.65 bits per heavy atom. The van der Waals surface area contributed by atoms with E-state index in [1.807, 2.05) is 12.1 Å². The predicted octanol–water partition coefficient (Wildman–Crippen LogP) is 2.13. The second-order valence-electron chi connectivity index (χ2n) is 5.92. The lowest BCUT2D eigenvalue weighted by Gasteiger charge is -2.38. The fourth-order valence-electron chi connectivity index (χ4n) is 3.86. The third-order valence-electron chi connectivity index (χ3n) is 4.80. The van der Waals surface area contributed by atoms with Crippen molar-refractivity contribution >= 4 is 5.91 Å². The normalized spacial score (nSPS) is 29.1. The molecule has 1 aromatic carbocycles. The summed E-state index contributed by atoms with van der Waals surface area (Å²) in [5.74, 6) is 2.96. The molecule has 0 radical (unpaired) electrons. The first kappa shape index (κ1) is 13.2. The summed E-state index contributed by atoms with van der Waals surface area (Å²) in [6, 6.07) is 9.01. The van der Waals surface area contributed by atoms with E-state index in [4.69, 9.17) is 12.2 Å². The number of benzene rings is 1. The number of amides is 1. The van der Waals surface area contributed by atoms with Gasteiger partial charge in [-0.15, -0.1) is 6.42 Å². The number of carbonyl (C=O) groups is 1. The van der Waals surface area contributed by atoms with E-state index in [2.05, 4.69) is 16.9 Å². The molecule has 0 saturated carbocycles. The van der Waals surface area contributed by atoms with Gasteiger partial charge in [0, 0.05) is 17.6 Å². The highest BCUT2D eigenvalue weighted by Gasteiger charge is 2.40. The van der Waals surface area contributed by atoms with Crippen molar-refractivity contribution in [1.29, 1.82) is 0 Å². The maximum Gasteiger partial charge on any atom is 0.248 e. The lowest BCUT2D eigenvalue weighted by Crippen LogP contribution is -2.42.